The van der Waals surface area contributed by atoms with Gasteiger partial charge in [0, 0.05) is 16.4 Å². The van der Waals surface area contributed by atoms with Crippen LogP contribution in [0.15, 0.2) is 103 Å². The first-order valence-corrected chi connectivity index (χ1v) is 17.1. The van der Waals surface area contributed by atoms with Crippen molar-refractivity contribution in [2.24, 2.45) is 0 Å². The molecule has 46 heavy (non-hydrogen) atoms. The number of hydrogen-bond acceptors (Lipinski definition) is 1. The van der Waals surface area contributed by atoms with E-state index in [1.807, 2.05) is 0 Å². The number of rotatable bonds is 8. The van der Waals surface area contributed by atoms with Crippen LogP contribution in [-0.4, -0.2) is 0 Å². The van der Waals surface area contributed by atoms with Gasteiger partial charge in [-0.25, -0.2) is 0 Å². The minimum absolute atomic E-state index is 0.444. The SMILES string of the molecule is CC(C)c1cccc(C(C)C)c1/C=c1\ccc2c(c1)Oc1cc(Cc3c(C(C)C)cccc3C(C)C)ccc1C=2c1ccccc1. The molecular formula is C45H48O. The molecule has 0 saturated carbocycles. The molecule has 0 aliphatic carbocycles. The maximum Gasteiger partial charge on any atom is 0.135 e. The number of hydrogen-bond donors (Lipinski definition) is 0. The second-order valence-corrected chi connectivity index (χ2v) is 14.1. The molecule has 0 fully saturated rings. The topological polar surface area (TPSA) is 9.23 Å². The Morgan fingerprint density at radius 3 is 1.72 bits per heavy atom. The zero-order valence-corrected chi connectivity index (χ0v) is 28.8. The minimum atomic E-state index is 0.444. The smallest absolute Gasteiger partial charge is 0.135 e. The van der Waals surface area contributed by atoms with Crippen LogP contribution >= 0.6 is 0 Å². The first-order valence-electron chi connectivity index (χ1n) is 17.1. The van der Waals surface area contributed by atoms with Gasteiger partial charge < -0.3 is 4.74 Å². The summed E-state index contributed by atoms with van der Waals surface area (Å²) < 4.78 is 6.86. The predicted molar refractivity (Wildman–Crippen MR) is 196 cm³/mol. The lowest BCUT2D eigenvalue weighted by Crippen LogP contribution is -2.20. The first kappa shape index (κ1) is 31.6. The highest BCUT2D eigenvalue weighted by atomic mass is 16.5. The Hall–Kier alpha value is -4.36. The van der Waals surface area contributed by atoms with Gasteiger partial charge in [-0.05, 0) is 104 Å². The van der Waals surface area contributed by atoms with E-state index in [1.165, 1.54) is 50.1 Å². The summed E-state index contributed by atoms with van der Waals surface area (Å²) in [6.07, 6.45) is 3.25. The molecule has 0 radical (unpaired) electrons. The van der Waals surface area contributed by atoms with Crippen LogP contribution in [0.4, 0.5) is 0 Å². The molecule has 0 bridgehead atoms. The van der Waals surface area contributed by atoms with Crippen LogP contribution in [-0.2, 0) is 6.42 Å². The number of benzene rings is 5. The van der Waals surface area contributed by atoms with Gasteiger partial charge in [-0.2, -0.15) is 0 Å². The maximum absolute atomic E-state index is 6.86. The van der Waals surface area contributed by atoms with E-state index in [1.54, 1.807) is 0 Å². The summed E-state index contributed by atoms with van der Waals surface area (Å²) in [4.78, 5) is 0. The summed E-state index contributed by atoms with van der Waals surface area (Å²) >= 11 is 0. The molecule has 5 aromatic rings. The van der Waals surface area contributed by atoms with Crippen LogP contribution in [0.2, 0.25) is 0 Å². The minimum Gasteiger partial charge on any atom is -0.456 e. The number of ether oxygens (including phenoxy) is 1. The van der Waals surface area contributed by atoms with Crippen molar-refractivity contribution < 1.29 is 4.74 Å². The normalized spacial score (nSPS) is 13.0. The van der Waals surface area contributed by atoms with E-state index in [2.05, 4.69) is 165 Å². The average Bonchev–Trinajstić information content (AvgIpc) is 3.03. The second-order valence-electron chi connectivity index (χ2n) is 14.1. The van der Waals surface area contributed by atoms with Gasteiger partial charge in [0.25, 0.3) is 0 Å². The van der Waals surface area contributed by atoms with Gasteiger partial charge in [0.15, 0.2) is 0 Å². The summed E-state index contributed by atoms with van der Waals surface area (Å²) in [5, 5.41) is 2.30. The molecule has 0 unspecified atom stereocenters. The Kier molecular flexibility index (Phi) is 9.05. The zero-order chi connectivity index (χ0) is 32.5. The summed E-state index contributed by atoms with van der Waals surface area (Å²) in [7, 11) is 0. The molecule has 1 heteroatoms. The van der Waals surface area contributed by atoms with Gasteiger partial charge in [0.1, 0.15) is 11.5 Å². The second kappa shape index (κ2) is 13.2. The highest BCUT2D eigenvalue weighted by Gasteiger charge is 2.22. The maximum atomic E-state index is 6.86. The quantitative estimate of drug-likeness (QED) is 0.168. The molecule has 0 spiro atoms. The standard InChI is InChI=1S/C45H48O/c1-28(2)35-16-12-17-36(29(3)4)41(35)24-32-20-22-39-43(26-32)46-44-27-33(21-23-40(44)45(39)34-14-10-9-11-15-34)25-42-37(30(5)6)18-13-19-38(42)31(7)8/h9-24,26-31H,25H2,1-8H3/b32-24+. The van der Waals surface area contributed by atoms with Crippen LogP contribution in [0.3, 0.4) is 0 Å². The molecule has 1 aliphatic heterocycles. The van der Waals surface area contributed by atoms with E-state index in [0.717, 1.165) is 33.9 Å². The first-order chi connectivity index (χ1) is 22.1. The van der Waals surface area contributed by atoms with Crippen LogP contribution in [0, 0.1) is 0 Å². The van der Waals surface area contributed by atoms with Crippen LogP contribution in [0.25, 0.3) is 11.6 Å². The molecule has 6 rings (SSSR count). The van der Waals surface area contributed by atoms with Crippen LogP contribution in [0.5, 0.6) is 11.5 Å². The van der Waals surface area contributed by atoms with Crippen LogP contribution in [0.1, 0.15) is 129 Å². The summed E-state index contributed by atoms with van der Waals surface area (Å²) in [6.45, 7) is 18.3. The van der Waals surface area contributed by atoms with E-state index >= 15 is 0 Å². The monoisotopic (exact) mass is 604 g/mol. The molecule has 5 aromatic carbocycles. The van der Waals surface area contributed by atoms with Crippen molar-refractivity contribution in [1.82, 2.24) is 0 Å². The highest BCUT2D eigenvalue weighted by molar-refractivity contribution is 5.85. The Bertz CT molecular complexity index is 1940. The Morgan fingerprint density at radius 1 is 0.543 bits per heavy atom. The fourth-order valence-electron chi connectivity index (χ4n) is 7.12. The fourth-order valence-corrected chi connectivity index (χ4v) is 7.12. The molecule has 0 amide bonds. The number of fused-ring (bicyclic) bond motifs is 2. The van der Waals surface area contributed by atoms with Crippen molar-refractivity contribution in [2.75, 3.05) is 0 Å². The molecule has 1 heterocycles. The third kappa shape index (κ3) is 6.21. The van der Waals surface area contributed by atoms with Gasteiger partial charge in [0.2, 0.25) is 0 Å². The van der Waals surface area contributed by atoms with E-state index in [9.17, 15) is 0 Å². The Morgan fingerprint density at radius 2 is 1.13 bits per heavy atom. The van der Waals surface area contributed by atoms with Gasteiger partial charge in [-0.1, -0.05) is 140 Å². The van der Waals surface area contributed by atoms with Crippen molar-refractivity contribution in [3.05, 3.63) is 164 Å². The largest absolute Gasteiger partial charge is 0.456 e. The predicted octanol–water partition coefficient (Wildman–Crippen LogP) is 11.0. The van der Waals surface area contributed by atoms with Gasteiger partial charge in [-0.15, -0.1) is 0 Å². The van der Waals surface area contributed by atoms with Crippen molar-refractivity contribution in [3.8, 4) is 11.5 Å². The molecule has 1 nitrogen and oxygen atoms in total. The third-order valence-electron chi connectivity index (χ3n) is 9.47. The van der Waals surface area contributed by atoms with Gasteiger partial charge in [-0.3, -0.25) is 0 Å². The Labute approximate surface area is 276 Å². The average molecular weight is 605 g/mol. The van der Waals surface area contributed by atoms with Crippen molar-refractivity contribution >= 4 is 11.6 Å². The van der Waals surface area contributed by atoms with E-state index in [-0.39, 0.29) is 0 Å². The lowest BCUT2D eigenvalue weighted by molar-refractivity contribution is 0.471. The van der Waals surface area contributed by atoms with E-state index < -0.39 is 0 Å². The highest BCUT2D eigenvalue weighted by Crippen LogP contribution is 2.38. The van der Waals surface area contributed by atoms with Gasteiger partial charge >= 0.3 is 0 Å². The molecule has 0 atom stereocenters. The van der Waals surface area contributed by atoms with Gasteiger partial charge in [0.05, 0.1) is 0 Å². The summed E-state index contributed by atoms with van der Waals surface area (Å²) in [5.74, 6) is 3.67. The lowest BCUT2D eigenvalue weighted by atomic mass is 9.85. The van der Waals surface area contributed by atoms with Crippen molar-refractivity contribution in [3.63, 3.8) is 0 Å². The van der Waals surface area contributed by atoms with Crippen molar-refractivity contribution in [1.29, 1.82) is 0 Å². The lowest BCUT2D eigenvalue weighted by Gasteiger charge is -2.23. The molecule has 0 aromatic heterocycles. The fraction of sp³-hybridized carbons (Fsp3) is 0.289. The van der Waals surface area contributed by atoms with E-state index in [4.69, 9.17) is 4.74 Å². The zero-order valence-electron chi connectivity index (χ0n) is 28.8. The summed E-state index contributed by atoms with van der Waals surface area (Å²) in [6, 6.07) is 37.9. The van der Waals surface area contributed by atoms with E-state index in [0.29, 0.717) is 23.7 Å². The molecule has 1 aliphatic rings. The molecule has 0 saturated heterocycles. The molecule has 234 valence electrons. The summed E-state index contributed by atoms with van der Waals surface area (Å²) in [5.41, 5.74) is 13.3. The molecule has 0 N–H and O–H groups in total. The third-order valence-corrected chi connectivity index (χ3v) is 9.47. The van der Waals surface area contributed by atoms with Crippen LogP contribution < -0.4 is 15.2 Å². The Balaban J connectivity index is 1.51. The molecular weight excluding hydrogens is 556 g/mol. The van der Waals surface area contributed by atoms with Crippen molar-refractivity contribution in [2.45, 2.75) is 85.5 Å².